The lowest BCUT2D eigenvalue weighted by Crippen LogP contribution is -2.38. The number of nitrogens with one attached hydrogen (secondary N) is 1. The zero-order chi connectivity index (χ0) is 14.4. The average molecular weight is 264 g/mol. The molecular formula is C16H28N2O. The molecule has 0 aliphatic heterocycles. The summed E-state index contributed by atoms with van der Waals surface area (Å²) in [5, 5.41) is 13.9. The van der Waals surface area contributed by atoms with Gasteiger partial charge in [-0.2, -0.15) is 0 Å². The molecule has 2 N–H and O–H groups in total. The highest BCUT2D eigenvalue weighted by atomic mass is 16.3. The predicted octanol–water partition coefficient (Wildman–Crippen LogP) is 2.27. The maximum atomic E-state index is 10.5. The molecule has 0 bridgehead atoms. The molecule has 0 saturated heterocycles. The van der Waals surface area contributed by atoms with Gasteiger partial charge in [-0.25, -0.2) is 0 Å². The first kappa shape index (κ1) is 16.2. The normalized spacial score (nSPS) is 14.7. The van der Waals surface area contributed by atoms with E-state index in [-0.39, 0.29) is 6.04 Å². The highest BCUT2D eigenvalue weighted by molar-refractivity contribution is 5.31. The van der Waals surface area contributed by atoms with Crippen LogP contribution in [0.3, 0.4) is 0 Å². The second-order valence-corrected chi connectivity index (χ2v) is 5.56. The average Bonchev–Trinajstić information content (AvgIpc) is 2.37. The summed E-state index contributed by atoms with van der Waals surface area (Å²) < 4.78 is 0. The highest BCUT2D eigenvalue weighted by Gasteiger charge is 2.18. The van der Waals surface area contributed by atoms with Crippen LogP contribution in [-0.4, -0.2) is 43.2 Å². The molecule has 0 aromatic heterocycles. The molecule has 0 saturated carbocycles. The Bertz CT molecular complexity index is 390. The molecule has 2 atom stereocenters. The molecule has 3 heteroatoms. The van der Waals surface area contributed by atoms with Gasteiger partial charge in [-0.15, -0.1) is 0 Å². The lowest BCUT2D eigenvalue weighted by molar-refractivity contribution is 0.125. The van der Waals surface area contributed by atoms with Gasteiger partial charge in [0, 0.05) is 19.1 Å². The molecule has 0 aliphatic carbocycles. The van der Waals surface area contributed by atoms with E-state index < -0.39 is 6.10 Å². The molecular weight excluding hydrogens is 236 g/mol. The van der Waals surface area contributed by atoms with E-state index in [9.17, 15) is 5.11 Å². The number of rotatable bonds is 7. The number of hydrogen-bond donors (Lipinski definition) is 2. The number of nitrogens with zero attached hydrogens (tertiary/aromatic N) is 1. The Kier molecular flexibility index (Phi) is 6.49. The Morgan fingerprint density at radius 2 is 1.89 bits per heavy atom. The Hall–Kier alpha value is -0.900. The second kappa shape index (κ2) is 7.63. The van der Waals surface area contributed by atoms with Gasteiger partial charge < -0.3 is 15.3 Å². The van der Waals surface area contributed by atoms with Crippen molar-refractivity contribution in [2.75, 3.05) is 27.2 Å². The first-order valence-corrected chi connectivity index (χ1v) is 7.09. The predicted molar refractivity (Wildman–Crippen MR) is 81.5 cm³/mol. The van der Waals surface area contributed by atoms with Gasteiger partial charge in [0.2, 0.25) is 0 Å². The smallest absolute Gasteiger partial charge is 0.0942 e. The standard InChI is InChI=1S/C16H28N2O/c1-6-15(17-9-10-18(4)5)16(19)14-8-7-12(2)13(3)11-14/h7-8,11,15-17,19H,6,9-10H2,1-5H3. The fourth-order valence-electron chi connectivity index (χ4n) is 2.13. The molecule has 2 unspecified atom stereocenters. The largest absolute Gasteiger partial charge is 0.387 e. The molecule has 19 heavy (non-hydrogen) atoms. The van der Waals surface area contributed by atoms with Crippen LogP contribution in [0, 0.1) is 13.8 Å². The maximum absolute atomic E-state index is 10.5. The number of aliphatic hydroxyl groups excluding tert-OH is 1. The van der Waals surface area contributed by atoms with Crippen LogP contribution in [0.25, 0.3) is 0 Å². The van der Waals surface area contributed by atoms with Crippen LogP contribution in [0.4, 0.5) is 0 Å². The van der Waals surface area contributed by atoms with E-state index >= 15 is 0 Å². The molecule has 0 amide bonds. The van der Waals surface area contributed by atoms with Crippen molar-refractivity contribution < 1.29 is 5.11 Å². The van der Waals surface area contributed by atoms with E-state index in [1.54, 1.807) is 0 Å². The Balaban J connectivity index is 2.66. The molecule has 1 rings (SSSR count). The minimum atomic E-state index is -0.438. The summed E-state index contributed by atoms with van der Waals surface area (Å²) in [6, 6.07) is 6.32. The van der Waals surface area contributed by atoms with Crippen molar-refractivity contribution in [1.29, 1.82) is 0 Å². The van der Waals surface area contributed by atoms with Crippen molar-refractivity contribution >= 4 is 0 Å². The summed E-state index contributed by atoms with van der Waals surface area (Å²) >= 11 is 0. The maximum Gasteiger partial charge on any atom is 0.0942 e. The second-order valence-electron chi connectivity index (χ2n) is 5.56. The van der Waals surface area contributed by atoms with Gasteiger partial charge >= 0.3 is 0 Å². The third-order valence-corrected chi connectivity index (χ3v) is 3.66. The van der Waals surface area contributed by atoms with Crippen molar-refractivity contribution in [3.8, 4) is 0 Å². The van der Waals surface area contributed by atoms with Crippen molar-refractivity contribution in [2.45, 2.75) is 39.3 Å². The molecule has 0 radical (unpaired) electrons. The minimum absolute atomic E-state index is 0.113. The zero-order valence-electron chi connectivity index (χ0n) is 12.9. The summed E-state index contributed by atoms with van der Waals surface area (Å²) in [4.78, 5) is 2.14. The van der Waals surface area contributed by atoms with Crippen LogP contribution in [0.5, 0.6) is 0 Å². The van der Waals surface area contributed by atoms with Crippen LogP contribution >= 0.6 is 0 Å². The van der Waals surface area contributed by atoms with Gasteiger partial charge in [0.15, 0.2) is 0 Å². The van der Waals surface area contributed by atoms with Crippen LogP contribution in [0.2, 0.25) is 0 Å². The lowest BCUT2D eigenvalue weighted by Gasteiger charge is -2.24. The summed E-state index contributed by atoms with van der Waals surface area (Å²) in [5.74, 6) is 0. The Morgan fingerprint density at radius 3 is 2.42 bits per heavy atom. The fourth-order valence-corrected chi connectivity index (χ4v) is 2.13. The van der Waals surface area contributed by atoms with Gasteiger partial charge in [-0.3, -0.25) is 0 Å². The first-order chi connectivity index (χ1) is 8.95. The monoisotopic (exact) mass is 264 g/mol. The van der Waals surface area contributed by atoms with E-state index in [0.29, 0.717) is 0 Å². The van der Waals surface area contributed by atoms with Gasteiger partial charge in [0.1, 0.15) is 0 Å². The van der Waals surface area contributed by atoms with E-state index in [1.165, 1.54) is 11.1 Å². The van der Waals surface area contributed by atoms with E-state index in [4.69, 9.17) is 0 Å². The number of hydrogen-bond acceptors (Lipinski definition) is 3. The quantitative estimate of drug-likeness (QED) is 0.793. The molecule has 0 aliphatic rings. The molecule has 0 heterocycles. The summed E-state index contributed by atoms with van der Waals surface area (Å²) in [5.41, 5.74) is 3.51. The number of aliphatic hydroxyl groups is 1. The van der Waals surface area contributed by atoms with Crippen LogP contribution in [0.15, 0.2) is 18.2 Å². The lowest BCUT2D eigenvalue weighted by atomic mass is 9.97. The summed E-state index contributed by atoms with van der Waals surface area (Å²) in [7, 11) is 4.12. The highest BCUT2D eigenvalue weighted by Crippen LogP contribution is 2.21. The molecule has 3 nitrogen and oxygen atoms in total. The van der Waals surface area contributed by atoms with Crippen LogP contribution in [-0.2, 0) is 0 Å². The SMILES string of the molecule is CCC(NCCN(C)C)C(O)c1ccc(C)c(C)c1. The van der Waals surface area contributed by atoms with E-state index in [2.05, 4.69) is 57.2 Å². The fraction of sp³-hybridized carbons (Fsp3) is 0.625. The third kappa shape index (κ3) is 4.94. The molecule has 0 spiro atoms. The Labute approximate surface area is 117 Å². The van der Waals surface area contributed by atoms with Crippen molar-refractivity contribution in [3.05, 3.63) is 34.9 Å². The van der Waals surface area contributed by atoms with Crippen molar-refractivity contribution in [1.82, 2.24) is 10.2 Å². The first-order valence-electron chi connectivity index (χ1n) is 7.09. The molecule has 0 fully saturated rings. The minimum Gasteiger partial charge on any atom is -0.387 e. The van der Waals surface area contributed by atoms with Gasteiger partial charge in [-0.1, -0.05) is 25.1 Å². The topological polar surface area (TPSA) is 35.5 Å². The van der Waals surface area contributed by atoms with Crippen LogP contribution < -0.4 is 5.32 Å². The number of benzene rings is 1. The molecule has 1 aromatic rings. The van der Waals surface area contributed by atoms with E-state index in [1.807, 2.05) is 6.07 Å². The van der Waals surface area contributed by atoms with Gasteiger partial charge in [0.25, 0.3) is 0 Å². The van der Waals surface area contributed by atoms with Gasteiger partial charge in [-0.05, 0) is 51.1 Å². The third-order valence-electron chi connectivity index (χ3n) is 3.66. The van der Waals surface area contributed by atoms with E-state index in [0.717, 1.165) is 25.1 Å². The molecule has 108 valence electrons. The van der Waals surface area contributed by atoms with Crippen molar-refractivity contribution in [3.63, 3.8) is 0 Å². The van der Waals surface area contributed by atoms with Crippen LogP contribution in [0.1, 0.15) is 36.1 Å². The molecule has 1 aromatic carbocycles. The number of aryl methyl sites for hydroxylation is 2. The summed E-state index contributed by atoms with van der Waals surface area (Å²) in [6.45, 7) is 8.17. The Morgan fingerprint density at radius 1 is 1.21 bits per heavy atom. The zero-order valence-corrected chi connectivity index (χ0v) is 12.9. The van der Waals surface area contributed by atoms with Gasteiger partial charge in [0.05, 0.1) is 6.10 Å². The number of likely N-dealkylation sites (N-methyl/N-ethyl adjacent to an activating group) is 1. The van der Waals surface area contributed by atoms with Crippen molar-refractivity contribution in [2.24, 2.45) is 0 Å². The summed E-state index contributed by atoms with van der Waals surface area (Å²) in [6.07, 6.45) is 0.480.